The summed E-state index contributed by atoms with van der Waals surface area (Å²) in [7, 11) is 6.14. The highest BCUT2D eigenvalue weighted by atomic mass is 16.2. The zero-order valence-electron chi connectivity index (χ0n) is 15.7. The Bertz CT molecular complexity index is 814. The highest BCUT2D eigenvalue weighted by Crippen LogP contribution is 2.28. The Morgan fingerprint density at radius 3 is 2.96 bits per heavy atom. The number of amides is 1. The monoisotopic (exact) mass is 354 g/mol. The molecule has 138 valence electrons. The number of likely N-dealkylation sites (N-methyl/N-ethyl adjacent to an activating group) is 1. The molecule has 0 saturated carbocycles. The van der Waals surface area contributed by atoms with Gasteiger partial charge in [0.05, 0.1) is 11.9 Å². The third kappa shape index (κ3) is 3.12. The molecule has 2 aromatic heterocycles. The van der Waals surface area contributed by atoms with Crippen molar-refractivity contribution in [1.82, 2.24) is 24.6 Å². The fourth-order valence-corrected chi connectivity index (χ4v) is 4.01. The number of pyridine rings is 1. The molecule has 2 aromatic rings. The van der Waals surface area contributed by atoms with Gasteiger partial charge in [-0.15, -0.1) is 0 Å². The van der Waals surface area contributed by atoms with Gasteiger partial charge in [-0.1, -0.05) is 0 Å². The van der Waals surface area contributed by atoms with E-state index >= 15 is 0 Å². The summed E-state index contributed by atoms with van der Waals surface area (Å²) in [5.74, 6) is -0.0179. The fraction of sp³-hybridized carbons (Fsp3) is 0.526. The average Bonchev–Trinajstić information content (AvgIpc) is 3.33. The highest BCUT2D eigenvalue weighted by Gasteiger charge is 2.31. The number of hydrogen-bond acceptors (Lipinski definition) is 5. The van der Waals surface area contributed by atoms with E-state index in [2.05, 4.69) is 34.0 Å². The molecule has 7 heteroatoms. The van der Waals surface area contributed by atoms with Crippen molar-refractivity contribution in [3.8, 4) is 0 Å². The predicted molar refractivity (Wildman–Crippen MR) is 100 cm³/mol. The molecule has 0 radical (unpaired) electrons. The molecule has 1 fully saturated rings. The molecule has 0 N–H and O–H groups in total. The van der Waals surface area contributed by atoms with Gasteiger partial charge in [0.15, 0.2) is 5.69 Å². The molecule has 1 amide bonds. The molecule has 0 bridgehead atoms. The van der Waals surface area contributed by atoms with E-state index in [1.807, 2.05) is 24.2 Å². The molecule has 26 heavy (non-hydrogen) atoms. The van der Waals surface area contributed by atoms with E-state index in [1.165, 1.54) is 12.0 Å². The van der Waals surface area contributed by atoms with Crippen LogP contribution in [0.1, 0.15) is 28.0 Å². The number of fused-ring (bicyclic) bond motifs is 1. The number of likely N-dealkylation sites (tertiary alicyclic amines) is 1. The van der Waals surface area contributed by atoms with Crippen molar-refractivity contribution in [3.63, 3.8) is 0 Å². The number of nitrogens with zero attached hydrogens (tertiary/aromatic N) is 6. The van der Waals surface area contributed by atoms with Gasteiger partial charge in [0, 0.05) is 57.2 Å². The first-order valence-electron chi connectivity index (χ1n) is 9.19. The summed E-state index contributed by atoms with van der Waals surface area (Å²) in [5.41, 5.74) is 3.67. The maximum absolute atomic E-state index is 13.2. The highest BCUT2D eigenvalue weighted by molar-refractivity contribution is 6.06. The lowest BCUT2D eigenvalue weighted by Gasteiger charge is -2.21. The molecule has 0 spiro atoms. The Morgan fingerprint density at radius 1 is 1.35 bits per heavy atom. The molecule has 2 aliphatic heterocycles. The third-order valence-corrected chi connectivity index (χ3v) is 5.51. The van der Waals surface area contributed by atoms with Gasteiger partial charge in [-0.05, 0) is 38.6 Å². The molecule has 1 unspecified atom stereocenters. The number of aryl methyl sites for hydroxylation is 1. The molecule has 4 rings (SSSR count). The number of rotatable bonds is 4. The number of carbonyl (C=O) groups is 1. The van der Waals surface area contributed by atoms with Gasteiger partial charge in [0.25, 0.3) is 5.91 Å². The summed E-state index contributed by atoms with van der Waals surface area (Å²) >= 11 is 0. The van der Waals surface area contributed by atoms with Crippen molar-refractivity contribution >= 4 is 11.6 Å². The van der Waals surface area contributed by atoms with Crippen molar-refractivity contribution in [2.45, 2.75) is 25.4 Å². The lowest BCUT2D eigenvalue weighted by molar-refractivity contribution is 0.0982. The first-order chi connectivity index (χ1) is 12.5. The van der Waals surface area contributed by atoms with E-state index in [-0.39, 0.29) is 5.91 Å². The minimum Gasteiger partial charge on any atom is -0.305 e. The molecule has 1 atom stereocenters. The van der Waals surface area contributed by atoms with Crippen LogP contribution in [0.15, 0.2) is 24.7 Å². The smallest absolute Gasteiger partial charge is 0.279 e. The molecule has 7 nitrogen and oxygen atoms in total. The normalized spacial score (nSPS) is 20.2. The van der Waals surface area contributed by atoms with E-state index in [1.54, 1.807) is 17.1 Å². The number of anilines is 1. The molecular weight excluding hydrogens is 328 g/mol. The van der Waals surface area contributed by atoms with Crippen LogP contribution >= 0.6 is 0 Å². The first kappa shape index (κ1) is 17.2. The Balaban J connectivity index is 1.54. The van der Waals surface area contributed by atoms with Gasteiger partial charge in [-0.2, -0.15) is 5.10 Å². The number of carbonyl (C=O) groups excluding carboxylic acids is 1. The Hall–Kier alpha value is -2.25. The Labute approximate surface area is 154 Å². The van der Waals surface area contributed by atoms with Crippen LogP contribution in [0, 0.1) is 0 Å². The fourth-order valence-electron chi connectivity index (χ4n) is 4.01. The largest absolute Gasteiger partial charge is 0.305 e. The Kier molecular flexibility index (Phi) is 4.50. The van der Waals surface area contributed by atoms with Gasteiger partial charge < -0.3 is 9.80 Å². The first-order valence-corrected chi connectivity index (χ1v) is 9.19. The van der Waals surface area contributed by atoms with Crippen LogP contribution in [0.2, 0.25) is 0 Å². The SMILES string of the molecule is CN(C)C1CCN(Cc2cn(C)nc2C(=O)N2CCc3ccncc32)C1. The van der Waals surface area contributed by atoms with Crippen molar-refractivity contribution < 1.29 is 4.79 Å². The third-order valence-electron chi connectivity index (χ3n) is 5.51. The number of hydrogen-bond donors (Lipinski definition) is 0. The van der Waals surface area contributed by atoms with E-state index in [4.69, 9.17) is 0 Å². The zero-order chi connectivity index (χ0) is 18.3. The van der Waals surface area contributed by atoms with Crippen LogP contribution in [0.25, 0.3) is 0 Å². The standard InChI is InChI=1S/C19H26N6O/c1-22(2)16-6-8-24(13-16)12-15-11-23(3)21-18(15)19(26)25-9-5-14-4-7-20-10-17(14)25/h4,7,10-11,16H,5-6,8-9,12-13H2,1-3H3. The van der Waals surface area contributed by atoms with Crippen LogP contribution in [0.3, 0.4) is 0 Å². The van der Waals surface area contributed by atoms with Crippen LogP contribution in [0.4, 0.5) is 5.69 Å². The number of aromatic nitrogens is 3. The molecule has 0 aliphatic carbocycles. The second-order valence-electron chi connectivity index (χ2n) is 7.53. The summed E-state index contributed by atoms with van der Waals surface area (Å²) in [5, 5.41) is 4.49. The Morgan fingerprint density at radius 2 is 2.19 bits per heavy atom. The molecule has 4 heterocycles. The maximum atomic E-state index is 13.2. The minimum absolute atomic E-state index is 0.0179. The van der Waals surface area contributed by atoms with Crippen molar-refractivity contribution in [1.29, 1.82) is 0 Å². The van der Waals surface area contributed by atoms with Crippen molar-refractivity contribution in [2.75, 3.05) is 38.6 Å². The zero-order valence-corrected chi connectivity index (χ0v) is 15.7. The van der Waals surface area contributed by atoms with Crippen LogP contribution < -0.4 is 4.90 Å². The van der Waals surface area contributed by atoms with Crippen LogP contribution in [0.5, 0.6) is 0 Å². The quantitative estimate of drug-likeness (QED) is 0.825. The summed E-state index contributed by atoms with van der Waals surface area (Å²) < 4.78 is 1.75. The molecule has 2 aliphatic rings. The summed E-state index contributed by atoms with van der Waals surface area (Å²) in [6.07, 6.45) is 7.60. The second-order valence-corrected chi connectivity index (χ2v) is 7.53. The van der Waals surface area contributed by atoms with Gasteiger partial charge in [0.2, 0.25) is 0 Å². The van der Waals surface area contributed by atoms with E-state index in [9.17, 15) is 4.79 Å². The van der Waals surface area contributed by atoms with Gasteiger partial charge in [0.1, 0.15) is 0 Å². The van der Waals surface area contributed by atoms with Gasteiger partial charge >= 0.3 is 0 Å². The van der Waals surface area contributed by atoms with E-state index in [0.29, 0.717) is 18.3 Å². The van der Waals surface area contributed by atoms with Crippen LogP contribution in [-0.4, -0.2) is 70.2 Å². The lowest BCUT2D eigenvalue weighted by Crippen LogP contribution is -2.32. The maximum Gasteiger partial charge on any atom is 0.279 e. The topological polar surface area (TPSA) is 57.5 Å². The van der Waals surface area contributed by atoms with E-state index < -0.39 is 0 Å². The summed E-state index contributed by atoms with van der Waals surface area (Å²) in [6.45, 7) is 3.56. The average molecular weight is 354 g/mol. The van der Waals surface area contributed by atoms with E-state index in [0.717, 1.165) is 37.3 Å². The summed E-state index contributed by atoms with van der Waals surface area (Å²) in [6, 6.07) is 2.58. The summed E-state index contributed by atoms with van der Waals surface area (Å²) in [4.78, 5) is 23.9. The van der Waals surface area contributed by atoms with Crippen molar-refractivity contribution in [2.24, 2.45) is 7.05 Å². The van der Waals surface area contributed by atoms with Gasteiger partial charge in [-0.3, -0.25) is 19.4 Å². The molecule has 0 aromatic carbocycles. The van der Waals surface area contributed by atoms with Crippen LogP contribution in [-0.2, 0) is 20.0 Å². The predicted octanol–water partition coefficient (Wildman–Crippen LogP) is 1.15. The molecule has 1 saturated heterocycles. The second kappa shape index (κ2) is 6.81. The van der Waals surface area contributed by atoms with Crippen molar-refractivity contribution in [3.05, 3.63) is 41.5 Å². The minimum atomic E-state index is -0.0179. The lowest BCUT2D eigenvalue weighted by atomic mass is 10.2. The molecular formula is C19H26N6O. The van der Waals surface area contributed by atoms with Gasteiger partial charge in [-0.25, -0.2) is 0 Å².